The molecule has 0 spiro atoms. The van der Waals surface area contributed by atoms with Gasteiger partial charge in [0, 0.05) is 36.5 Å². The first kappa shape index (κ1) is 23.0. The molecule has 0 saturated heterocycles. The van der Waals surface area contributed by atoms with Crippen molar-refractivity contribution in [2.24, 2.45) is 0 Å². The Kier molecular flexibility index (Phi) is 6.35. The fourth-order valence-electron chi connectivity index (χ4n) is 3.37. The van der Waals surface area contributed by atoms with Crippen molar-refractivity contribution in [1.29, 1.82) is 0 Å². The van der Waals surface area contributed by atoms with Gasteiger partial charge in [-0.15, -0.1) is 0 Å². The van der Waals surface area contributed by atoms with E-state index in [-0.39, 0.29) is 23.6 Å². The van der Waals surface area contributed by atoms with Gasteiger partial charge >= 0.3 is 6.18 Å². The Labute approximate surface area is 192 Å². The van der Waals surface area contributed by atoms with E-state index in [0.29, 0.717) is 28.0 Å². The van der Waals surface area contributed by atoms with Crippen LogP contribution in [0.1, 0.15) is 21.9 Å². The molecule has 11 heteroatoms. The van der Waals surface area contributed by atoms with Crippen LogP contribution in [0.4, 0.5) is 13.2 Å². The molecule has 1 amide bonds. The number of amides is 1. The van der Waals surface area contributed by atoms with Gasteiger partial charge in [0.05, 0.1) is 19.9 Å². The van der Waals surface area contributed by atoms with E-state index in [1.54, 1.807) is 24.4 Å². The van der Waals surface area contributed by atoms with E-state index in [1.165, 1.54) is 26.4 Å². The van der Waals surface area contributed by atoms with Gasteiger partial charge in [-0.2, -0.15) is 18.3 Å². The van der Waals surface area contributed by atoms with Gasteiger partial charge in [-0.1, -0.05) is 6.07 Å². The van der Waals surface area contributed by atoms with Crippen LogP contribution < -0.4 is 14.8 Å². The first-order chi connectivity index (χ1) is 16.3. The van der Waals surface area contributed by atoms with Gasteiger partial charge in [0.2, 0.25) is 0 Å². The van der Waals surface area contributed by atoms with E-state index in [0.717, 1.165) is 11.8 Å². The molecule has 176 valence electrons. The first-order valence-corrected chi connectivity index (χ1v) is 10.2. The van der Waals surface area contributed by atoms with Crippen LogP contribution in [0, 0.1) is 0 Å². The molecule has 4 aromatic rings. The number of halogens is 3. The maximum atomic E-state index is 13.8. The number of alkyl halides is 3. The minimum Gasteiger partial charge on any atom is -0.493 e. The Morgan fingerprint density at radius 2 is 1.85 bits per heavy atom. The van der Waals surface area contributed by atoms with Gasteiger partial charge in [0.1, 0.15) is 0 Å². The van der Waals surface area contributed by atoms with Gasteiger partial charge in [0.15, 0.2) is 28.5 Å². The third kappa shape index (κ3) is 4.77. The Bertz CT molecular complexity index is 1320. The van der Waals surface area contributed by atoms with Crippen LogP contribution in [0.2, 0.25) is 0 Å². The summed E-state index contributed by atoms with van der Waals surface area (Å²) in [7, 11) is 2.88. The van der Waals surface area contributed by atoms with E-state index < -0.39 is 17.8 Å². The van der Waals surface area contributed by atoms with Crippen molar-refractivity contribution in [3.05, 3.63) is 71.8 Å². The summed E-state index contributed by atoms with van der Waals surface area (Å²) < 4.78 is 52.6. The molecule has 0 aliphatic heterocycles. The SMILES string of the molecule is COc1ccc(-c2cc(C(F)(F)F)n3nc(C(=O)NCCc4ccccn4)cc3n2)cc1OC. The van der Waals surface area contributed by atoms with E-state index >= 15 is 0 Å². The minimum atomic E-state index is -4.73. The highest BCUT2D eigenvalue weighted by atomic mass is 19.4. The molecule has 1 N–H and O–H groups in total. The number of nitrogens with one attached hydrogen (secondary N) is 1. The highest BCUT2D eigenvalue weighted by Gasteiger charge is 2.35. The Hall–Kier alpha value is -4.15. The zero-order chi connectivity index (χ0) is 24.3. The monoisotopic (exact) mass is 471 g/mol. The second-order valence-corrected chi connectivity index (χ2v) is 7.22. The number of nitrogens with zero attached hydrogens (tertiary/aromatic N) is 4. The molecule has 4 rings (SSSR count). The van der Waals surface area contributed by atoms with E-state index in [2.05, 4.69) is 20.4 Å². The van der Waals surface area contributed by atoms with Gasteiger partial charge in [-0.05, 0) is 36.4 Å². The lowest BCUT2D eigenvalue weighted by Crippen LogP contribution is -2.26. The van der Waals surface area contributed by atoms with Crippen molar-refractivity contribution < 1.29 is 27.4 Å². The van der Waals surface area contributed by atoms with E-state index in [1.807, 2.05) is 12.1 Å². The first-order valence-electron chi connectivity index (χ1n) is 10.2. The molecule has 0 radical (unpaired) electrons. The van der Waals surface area contributed by atoms with Crippen molar-refractivity contribution in [3.8, 4) is 22.8 Å². The van der Waals surface area contributed by atoms with Gasteiger partial charge in [-0.3, -0.25) is 9.78 Å². The molecule has 0 aliphatic rings. The highest BCUT2D eigenvalue weighted by molar-refractivity contribution is 5.93. The molecule has 3 heterocycles. The van der Waals surface area contributed by atoms with Crippen molar-refractivity contribution >= 4 is 11.6 Å². The van der Waals surface area contributed by atoms with Crippen LogP contribution in [0.25, 0.3) is 16.9 Å². The largest absolute Gasteiger partial charge is 0.493 e. The number of ether oxygens (including phenoxy) is 2. The second kappa shape index (κ2) is 9.38. The summed E-state index contributed by atoms with van der Waals surface area (Å²) in [6.07, 6.45) is -2.62. The number of carbonyl (C=O) groups excluding carboxylic acids is 1. The smallest absolute Gasteiger partial charge is 0.433 e. The summed E-state index contributed by atoms with van der Waals surface area (Å²) in [5.41, 5.74) is -0.151. The normalized spacial score (nSPS) is 11.4. The van der Waals surface area contributed by atoms with E-state index in [4.69, 9.17) is 9.47 Å². The number of methoxy groups -OCH3 is 2. The number of benzene rings is 1. The fourth-order valence-corrected chi connectivity index (χ4v) is 3.37. The average molecular weight is 471 g/mol. The molecule has 1 aromatic carbocycles. The summed E-state index contributed by atoms with van der Waals surface area (Å²) in [4.78, 5) is 21.0. The molecular weight excluding hydrogens is 451 g/mol. The van der Waals surface area contributed by atoms with Crippen LogP contribution in [0.15, 0.2) is 54.7 Å². The Morgan fingerprint density at radius 1 is 1.06 bits per heavy atom. The predicted molar refractivity (Wildman–Crippen MR) is 117 cm³/mol. The fraction of sp³-hybridized carbons (Fsp3) is 0.217. The maximum absolute atomic E-state index is 13.8. The lowest BCUT2D eigenvalue weighted by atomic mass is 10.1. The van der Waals surface area contributed by atoms with Crippen molar-refractivity contribution in [2.45, 2.75) is 12.6 Å². The predicted octanol–water partition coefficient (Wildman–Crippen LogP) is 3.80. The number of fused-ring (bicyclic) bond motifs is 1. The van der Waals surface area contributed by atoms with E-state index in [9.17, 15) is 18.0 Å². The van der Waals surface area contributed by atoms with Gasteiger partial charge in [0.25, 0.3) is 5.91 Å². The van der Waals surface area contributed by atoms with Crippen molar-refractivity contribution in [3.63, 3.8) is 0 Å². The summed E-state index contributed by atoms with van der Waals surface area (Å²) in [5, 5.41) is 6.51. The van der Waals surface area contributed by atoms with Crippen molar-refractivity contribution in [1.82, 2.24) is 24.9 Å². The third-order valence-electron chi connectivity index (χ3n) is 5.02. The third-order valence-corrected chi connectivity index (χ3v) is 5.02. The molecular formula is C23H20F3N5O3. The Balaban J connectivity index is 1.66. The van der Waals surface area contributed by atoms with Gasteiger partial charge in [-0.25, -0.2) is 9.50 Å². The van der Waals surface area contributed by atoms with Crippen LogP contribution in [0.5, 0.6) is 11.5 Å². The standard InChI is InChI=1S/C23H20F3N5O3/c1-33-18-7-6-14(11-19(18)34-2)16-12-20(23(24,25)26)31-21(29-16)13-17(30-31)22(32)28-10-8-15-5-3-4-9-27-15/h3-7,9,11-13H,8,10H2,1-2H3,(H,28,32). The molecule has 0 bridgehead atoms. The average Bonchev–Trinajstić information content (AvgIpc) is 3.27. The van der Waals surface area contributed by atoms with Crippen LogP contribution in [0.3, 0.4) is 0 Å². The molecule has 0 aliphatic carbocycles. The maximum Gasteiger partial charge on any atom is 0.433 e. The van der Waals surface area contributed by atoms with Crippen LogP contribution >= 0.6 is 0 Å². The molecule has 3 aromatic heterocycles. The summed E-state index contributed by atoms with van der Waals surface area (Å²) in [6.45, 7) is 0.250. The number of hydrogen-bond donors (Lipinski definition) is 1. The Morgan fingerprint density at radius 3 is 2.53 bits per heavy atom. The number of hydrogen-bond acceptors (Lipinski definition) is 6. The number of rotatable bonds is 7. The summed E-state index contributed by atoms with van der Waals surface area (Å²) >= 11 is 0. The zero-order valence-corrected chi connectivity index (χ0v) is 18.3. The minimum absolute atomic E-state index is 0.0442. The topological polar surface area (TPSA) is 90.6 Å². The van der Waals surface area contributed by atoms with Crippen molar-refractivity contribution in [2.75, 3.05) is 20.8 Å². The molecule has 0 saturated carbocycles. The zero-order valence-electron chi connectivity index (χ0n) is 18.3. The van der Waals surface area contributed by atoms with Crippen LogP contribution in [-0.2, 0) is 12.6 Å². The quantitative estimate of drug-likeness (QED) is 0.441. The number of carbonyl (C=O) groups is 1. The van der Waals surface area contributed by atoms with Gasteiger partial charge < -0.3 is 14.8 Å². The molecule has 8 nitrogen and oxygen atoms in total. The number of pyridine rings is 1. The lowest BCUT2D eigenvalue weighted by molar-refractivity contribution is -0.142. The molecule has 34 heavy (non-hydrogen) atoms. The number of aromatic nitrogens is 4. The molecule has 0 fully saturated rings. The van der Waals surface area contributed by atoms with Crippen LogP contribution in [-0.4, -0.2) is 46.3 Å². The molecule has 0 atom stereocenters. The second-order valence-electron chi connectivity index (χ2n) is 7.22. The highest BCUT2D eigenvalue weighted by Crippen LogP contribution is 2.35. The summed E-state index contributed by atoms with van der Waals surface area (Å²) in [6, 6.07) is 12.2. The molecule has 0 unspecified atom stereocenters. The summed E-state index contributed by atoms with van der Waals surface area (Å²) in [5.74, 6) is 0.163. The lowest BCUT2D eigenvalue weighted by Gasteiger charge is -2.12.